The molecule has 2 heteroatoms. The smallest absolute Gasteiger partial charge is 0.0646 e. The molecule has 0 aromatic carbocycles. The molecule has 2 rings (SSSR count). The highest BCUT2D eigenvalue weighted by molar-refractivity contribution is 4.90. The lowest BCUT2D eigenvalue weighted by atomic mass is 9.92. The van der Waals surface area contributed by atoms with Crippen molar-refractivity contribution in [1.82, 2.24) is 5.32 Å². The Hall–Kier alpha value is -0.0800. The zero-order valence-corrected chi connectivity index (χ0v) is 8.64. The molecule has 1 aliphatic heterocycles. The average Bonchev–Trinajstić information content (AvgIpc) is 2.54. The van der Waals surface area contributed by atoms with Crippen LogP contribution in [0.3, 0.4) is 0 Å². The van der Waals surface area contributed by atoms with Crippen LogP contribution in [0.15, 0.2) is 0 Å². The van der Waals surface area contributed by atoms with E-state index in [9.17, 15) is 0 Å². The van der Waals surface area contributed by atoms with E-state index in [0.29, 0.717) is 0 Å². The first kappa shape index (κ1) is 9.47. The van der Waals surface area contributed by atoms with Gasteiger partial charge in [-0.1, -0.05) is 19.3 Å². The van der Waals surface area contributed by atoms with E-state index >= 15 is 0 Å². The second-order valence-electron chi connectivity index (χ2n) is 4.84. The molecule has 1 unspecified atom stereocenters. The van der Waals surface area contributed by atoms with E-state index in [1.807, 2.05) is 0 Å². The van der Waals surface area contributed by atoms with Gasteiger partial charge in [0.05, 0.1) is 6.61 Å². The third kappa shape index (κ3) is 2.44. The van der Waals surface area contributed by atoms with Gasteiger partial charge in [0.1, 0.15) is 0 Å². The van der Waals surface area contributed by atoms with E-state index in [1.165, 1.54) is 38.5 Å². The van der Waals surface area contributed by atoms with Crippen molar-refractivity contribution in [3.05, 3.63) is 0 Å². The summed E-state index contributed by atoms with van der Waals surface area (Å²) in [5.74, 6) is 0. The summed E-state index contributed by atoms with van der Waals surface area (Å²) >= 11 is 0. The molecule has 76 valence electrons. The first-order valence-corrected chi connectivity index (χ1v) is 5.64. The minimum Gasteiger partial charge on any atom is -0.379 e. The Morgan fingerprint density at radius 1 is 1.23 bits per heavy atom. The summed E-state index contributed by atoms with van der Waals surface area (Å²) in [7, 11) is 0. The molecule has 0 bridgehead atoms. The summed E-state index contributed by atoms with van der Waals surface area (Å²) in [6.07, 6.45) is 8.18. The molecule has 1 atom stereocenters. The maximum atomic E-state index is 5.44. The van der Waals surface area contributed by atoms with Crippen LogP contribution in [0.5, 0.6) is 0 Å². The van der Waals surface area contributed by atoms with Gasteiger partial charge in [-0.15, -0.1) is 0 Å². The summed E-state index contributed by atoms with van der Waals surface area (Å²) in [5, 5.41) is 3.77. The normalized spacial score (nSPS) is 36.7. The summed E-state index contributed by atoms with van der Waals surface area (Å²) in [4.78, 5) is 0. The zero-order valence-electron chi connectivity index (χ0n) is 8.64. The van der Waals surface area contributed by atoms with Crippen molar-refractivity contribution < 1.29 is 4.74 Å². The van der Waals surface area contributed by atoms with Gasteiger partial charge in [0, 0.05) is 18.2 Å². The van der Waals surface area contributed by atoms with E-state index < -0.39 is 0 Å². The van der Waals surface area contributed by atoms with E-state index in [4.69, 9.17) is 4.74 Å². The van der Waals surface area contributed by atoms with E-state index in [-0.39, 0.29) is 5.54 Å². The van der Waals surface area contributed by atoms with Crippen molar-refractivity contribution in [2.45, 2.75) is 57.0 Å². The molecule has 13 heavy (non-hydrogen) atoms. The highest BCUT2D eigenvalue weighted by Gasteiger charge is 2.31. The van der Waals surface area contributed by atoms with Crippen LogP contribution in [-0.4, -0.2) is 24.8 Å². The number of ether oxygens (including phenoxy) is 1. The molecule has 1 saturated heterocycles. The fraction of sp³-hybridized carbons (Fsp3) is 1.00. The van der Waals surface area contributed by atoms with Crippen LogP contribution < -0.4 is 5.32 Å². The number of hydrogen-bond acceptors (Lipinski definition) is 2. The van der Waals surface area contributed by atoms with Crippen LogP contribution in [0.2, 0.25) is 0 Å². The zero-order chi connectivity index (χ0) is 9.15. The molecule has 1 N–H and O–H groups in total. The van der Waals surface area contributed by atoms with Gasteiger partial charge in [-0.2, -0.15) is 0 Å². The van der Waals surface area contributed by atoms with Gasteiger partial charge in [-0.05, 0) is 26.2 Å². The minimum atomic E-state index is 0.280. The van der Waals surface area contributed by atoms with E-state index in [1.54, 1.807) is 0 Å². The Morgan fingerprint density at radius 2 is 2.00 bits per heavy atom. The van der Waals surface area contributed by atoms with Crippen molar-refractivity contribution in [3.8, 4) is 0 Å². The van der Waals surface area contributed by atoms with E-state index in [2.05, 4.69) is 12.2 Å². The van der Waals surface area contributed by atoms with Crippen molar-refractivity contribution >= 4 is 0 Å². The van der Waals surface area contributed by atoms with Crippen molar-refractivity contribution in [2.24, 2.45) is 0 Å². The van der Waals surface area contributed by atoms with Gasteiger partial charge in [0.25, 0.3) is 0 Å². The van der Waals surface area contributed by atoms with Crippen LogP contribution in [0, 0.1) is 0 Å². The monoisotopic (exact) mass is 183 g/mol. The largest absolute Gasteiger partial charge is 0.379 e. The molecular weight excluding hydrogens is 162 g/mol. The Balaban J connectivity index is 1.81. The fourth-order valence-electron chi connectivity index (χ4n) is 2.52. The first-order valence-electron chi connectivity index (χ1n) is 5.64. The Bertz CT molecular complexity index is 157. The van der Waals surface area contributed by atoms with E-state index in [0.717, 1.165) is 19.3 Å². The molecule has 2 aliphatic rings. The molecule has 2 fully saturated rings. The molecule has 0 amide bonds. The van der Waals surface area contributed by atoms with Crippen LogP contribution >= 0.6 is 0 Å². The Labute approximate surface area is 81.0 Å². The first-order chi connectivity index (χ1) is 6.29. The lowest BCUT2D eigenvalue weighted by Crippen LogP contribution is -2.49. The minimum absolute atomic E-state index is 0.280. The highest BCUT2D eigenvalue weighted by Crippen LogP contribution is 2.24. The summed E-state index contributed by atoms with van der Waals surface area (Å²) in [6.45, 7) is 4.15. The number of rotatable bonds is 2. The third-order valence-electron chi connectivity index (χ3n) is 3.38. The van der Waals surface area contributed by atoms with Crippen molar-refractivity contribution in [3.63, 3.8) is 0 Å². The SMILES string of the molecule is CC1(NC2CCCCC2)CCOC1. The molecule has 1 saturated carbocycles. The quantitative estimate of drug-likeness (QED) is 0.707. The molecular formula is C11H21NO. The lowest BCUT2D eigenvalue weighted by molar-refractivity contribution is 0.162. The number of hydrogen-bond donors (Lipinski definition) is 1. The third-order valence-corrected chi connectivity index (χ3v) is 3.38. The number of nitrogens with one attached hydrogen (secondary N) is 1. The van der Waals surface area contributed by atoms with Gasteiger partial charge in [0.2, 0.25) is 0 Å². The van der Waals surface area contributed by atoms with Gasteiger partial charge in [0.15, 0.2) is 0 Å². The summed E-state index contributed by atoms with van der Waals surface area (Å²) in [5.41, 5.74) is 0.280. The Kier molecular flexibility index (Phi) is 2.89. The molecule has 0 aromatic heterocycles. The summed E-state index contributed by atoms with van der Waals surface area (Å²) in [6, 6.07) is 0.764. The predicted molar refractivity (Wildman–Crippen MR) is 53.8 cm³/mol. The van der Waals surface area contributed by atoms with Crippen molar-refractivity contribution in [1.29, 1.82) is 0 Å². The van der Waals surface area contributed by atoms with Gasteiger partial charge < -0.3 is 10.1 Å². The second-order valence-corrected chi connectivity index (χ2v) is 4.84. The predicted octanol–water partition coefficient (Wildman–Crippen LogP) is 2.09. The highest BCUT2D eigenvalue weighted by atomic mass is 16.5. The molecule has 0 spiro atoms. The van der Waals surface area contributed by atoms with Crippen molar-refractivity contribution in [2.75, 3.05) is 13.2 Å². The van der Waals surface area contributed by atoms with Crippen LogP contribution in [-0.2, 0) is 4.74 Å². The topological polar surface area (TPSA) is 21.3 Å². The second kappa shape index (κ2) is 3.97. The van der Waals surface area contributed by atoms with Crippen LogP contribution in [0.4, 0.5) is 0 Å². The molecule has 0 radical (unpaired) electrons. The standard InChI is InChI=1S/C11H21NO/c1-11(7-8-13-9-11)12-10-5-3-2-4-6-10/h10,12H,2-9H2,1H3. The summed E-state index contributed by atoms with van der Waals surface area (Å²) < 4.78 is 5.44. The maximum absolute atomic E-state index is 5.44. The maximum Gasteiger partial charge on any atom is 0.0646 e. The molecule has 0 aromatic rings. The molecule has 1 aliphatic carbocycles. The van der Waals surface area contributed by atoms with Gasteiger partial charge in [-0.25, -0.2) is 0 Å². The van der Waals surface area contributed by atoms with Crippen LogP contribution in [0.1, 0.15) is 45.4 Å². The average molecular weight is 183 g/mol. The van der Waals surface area contributed by atoms with Gasteiger partial charge >= 0.3 is 0 Å². The molecule has 1 heterocycles. The lowest BCUT2D eigenvalue weighted by Gasteiger charge is -2.32. The van der Waals surface area contributed by atoms with Crippen LogP contribution in [0.25, 0.3) is 0 Å². The van der Waals surface area contributed by atoms with Gasteiger partial charge in [-0.3, -0.25) is 0 Å². The Morgan fingerprint density at radius 3 is 2.62 bits per heavy atom. The fourth-order valence-corrected chi connectivity index (χ4v) is 2.52. The molecule has 2 nitrogen and oxygen atoms in total.